The van der Waals surface area contributed by atoms with Gasteiger partial charge in [0.25, 0.3) is 5.91 Å². The van der Waals surface area contributed by atoms with E-state index in [9.17, 15) is 27.9 Å². The number of carbonyl (C=O) groups is 3. The molecule has 2 N–H and O–H groups in total. The van der Waals surface area contributed by atoms with Crippen molar-refractivity contribution in [3.05, 3.63) is 53.3 Å². The van der Waals surface area contributed by atoms with Gasteiger partial charge in [-0.15, -0.1) is 0 Å². The van der Waals surface area contributed by atoms with Gasteiger partial charge in [0.2, 0.25) is 0 Å². The summed E-state index contributed by atoms with van der Waals surface area (Å²) in [6.45, 7) is 5.68. The maximum Gasteiger partial charge on any atom is 0.412 e. The summed E-state index contributed by atoms with van der Waals surface area (Å²) in [6, 6.07) is 9.18. The predicted octanol–water partition coefficient (Wildman–Crippen LogP) is 3.27. The van der Waals surface area contributed by atoms with Crippen LogP contribution in [-0.2, 0) is 37.5 Å². The van der Waals surface area contributed by atoms with Crippen LogP contribution in [0.3, 0.4) is 0 Å². The number of amides is 3. The van der Waals surface area contributed by atoms with E-state index in [2.05, 4.69) is 0 Å². The Kier molecular flexibility index (Phi) is 8.62. The van der Waals surface area contributed by atoms with Crippen molar-refractivity contribution in [3.8, 4) is 5.75 Å². The molecule has 5 rings (SSSR count). The Morgan fingerprint density at radius 3 is 2.48 bits per heavy atom. The van der Waals surface area contributed by atoms with Crippen LogP contribution in [0.25, 0.3) is 0 Å². The normalized spacial score (nSPS) is 19.3. The van der Waals surface area contributed by atoms with Crippen LogP contribution in [0.1, 0.15) is 38.3 Å². The minimum Gasteiger partial charge on any atom is -0.487 e. The molecule has 0 saturated carbocycles. The molecule has 0 unspecified atom stereocenters. The molecule has 3 amide bonds. The minimum atomic E-state index is -4.43. The highest BCUT2D eigenvalue weighted by Gasteiger charge is 2.44. The fourth-order valence-corrected chi connectivity index (χ4v) is 6.49. The van der Waals surface area contributed by atoms with Crippen molar-refractivity contribution in [2.24, 2.45) is 5.92 Å². The summed E-state index contributed by atoms with van der Waals surface area (Å²) in [7, 11) is -4.43. The molecule has 0 aliphatic carbocycles. The number of hydrogen-bond acceptors (Lipinski definition) is 8. The second kappa shape index (κ2) is 12.1. The van der Waals surface area contributed by atoms with Gasteiger partial charge in [-0.1, -0.05) is 30.3 Å². The summed E-state index contributed by atoms with van der Waals surface area (Å²) in [5.41, 5.74) is -0.739. The number of hydrogen-bond donors (Lipinski definition) is 2. The van der Waals surface area contributed by atoms with E-state index in [0.29, 0.717) is 29.5 Å². The van der Waals surface area contributed by atoms with E-state index >= 15 is 4.39 Å². The molecule has 0 aromatic heterocycles. The number of benzene rings is 2. The van der Waals surface area contributed by atoms with Crippen LogP contribution < -0.4 is 18.7 Å². The highest BCUT2D eigenvalue weighted by atomic mass is 32.2. The van der Waals surface area contributed by atoms with E-state index in [4.69, 9.17) is 14.2 Å². The Balaban J connectivity index is 1.51. The van der Waals surface area contributed by atoms with Crippen molar-refractivity contribution in [1.29, 1.82) is 0 Å². The molecule has 44 heavy (non-hydrogen) atoms. The first-order valence-corrected chi connectivity index (χ1v) is 15.6. The van der Waals surface area contributed by atoms with Crippen LogP contribution in [-0.4, -0.2) is 81.0 Å². The largest absolute Gasteiger partial charge is 0.487 e. The van der Waals surface area contributed by atoms with E-state index in [0.717, 1.165) is 4.90 Å². The number of halogens is 1. The molecule has 2 aromatic rings. The summed E-state index contributed by atoms with van der Waals surface area (Å²) in [5.74, 6) is -1.89. The average molecular weight is 635 g/mol. The lowest BCUT2D eigenvalue weighted by atomic mass is 10.0. The van der Waals surface area contributed by atoms with Crippen LogP contribution in [0.2, 0.25) is 0 Å². The summed E-state index contributed by atoms with van der Waals surface area (Å²) >= 11 is 0. The number of carboxylic acid groups (broad SMARTS) is 1. The summed E-state index contributed by atoms with van der Waals surface area (Å²) in [5, 5.41) is 10.3. The molecule has 3 heterocycles. The van der Waals surface area contributed by atoms with Gasteiger partial charge < -0.3 is 24.2 Å². The molecule has 2 aromatic carbocycles. The fraction of sp³-hybridized carbons (Fsp3) is 0.483. The first kappa shape index (κ1) is 31.3. The van der Waals surface area contributed by atoms with E-state index in [1.165, 1.54) is 11.0 Å². The lowest BCUT2D eigenvalue weighted by Crippen LogP contribution is -2.48. The zero-order chi connectivity index (χ0) is 31.8. The third kappa shape index (κ3) is 6.68. The Morgan fingerprint density at radius 1 is 1.20 bits per heavy atom. The van der Waals surface area contributed by atoms with Gasteiger partial charge in [0, 0.05) is 37.1 Å². The van der Waals surface area contributed by atoms with Gasteiger partial charge in [0.1, 0.15) is 30.2 Å². The molecule has 2 saturated heterocycles. The Morgan fingerprint density at radius 2 is 1.91 bits per heavy atom. The van der Waals surface area contributed by atoms with Crippen molar-refractivity contribution < 1.29 is 46.5 Å². The van der Waals surface area contributed by atoms with Crippen molar-refractivity contribution >= 4 is 39.7 Å². The number of nitrogens with one attached hydrogen (secondary N) is 1. The summed E-state index contributed by atoms with van der Waals surface area (Å²) < 4.78 is 61.1. The number of anilines is 2. The van der Waals surface area contributed by atoms with Crippen molar-refractivity contribution in [2.45, 2.75) is 51.9 Å². The molecule has 3 aliphatic heterocycles. The molecule has 3 aliphatic rings. The van der Waals surface area contributed by atoms with Gasteiger partial charge in [-0.3, -0.25) is 9.69 Å². The zero-order valence-corrected chi connectivity index (χ0v) is 25.4. The van der Waals surface area contributed by atoms with Crippen LogP contribution in [0.5, 0.6) is 5.75 Å². The van der Waals surface area contributed by atoms with Crippen molar-refractivity contribution in [1.82, 2.24) is 9.62 Å². The molecule has 0 bridgehead atoms. The van der Waals surface area contributed by atoms with Crippen molar-refractivity contribution in [2.75, 3.05) is 42.1 Å². The first-order valence-electron chi connectivity index (χ1n) is 14.2. The molecular weight excluding hydrogens is 599 g/mol. The standard InChI is InChI=1S/C29H35FN4O9S/c1-29(2,3)43-28(38)32(10-9-19-15-41-16-19)13-20-11-21-22(34(20)27(36)37)12-23(42-17-18-7-5-4-6-8-18)26(25(21)30)33-14-24(35)31-44(33,39)40/h4-8,12,19-20H,9-11,13-17H2,1-3H3,(H,31,35)(H,36,37)/t20-/m1/s1. The number of fused-ring (bicyclic) bond motifs is 1. The lowest BCUT2D eigenvalue weighted by molar-refractivity contribution is -0.117. The predicted molar refractivity (Wildman–Crippen MR) is 156 cm³/mol. The average Bonchev–Trinajstić information content (AvgIpc) is 3.40. The molecule has 13 nitrogen and oxygen atoms in total. The molecule has 0 spiro atoms. The SMILES string of the molecule is CC(C)(C)OC(=O)N(CCC1COC1)C[C@H]1Cc2c(cc(OCc3ccccc3)c(N3CC(=O)NS3(=O)=O)c2F)N1C(=O)O. The summed E-state index contributed by atoms with van der Waals surface area (Å²) in [4.78, 5) is 40.2. The van der Waals surface area contributed by atoms with E-state index < -0.39 is 58.0 Å². The molecule has 15 heteroatoms. The van der Waals surface area contributed by atoms with E-state index in [1.54, 1.807) is 51.1 Å². The molecular formula is C29H35FN4O9S. The monoisotopic (exact) mass is 634 g/mol. The molecule has 1 atom stereocenters. The maximum absolute atomic E-state index is 16.5. The molecule has 0 radical (unpaired) electrons. The van der Waals surface area contributed by atoms with E-state index in [1.807, 2.05) is 4.72 Å². The third-order valence-corrected chi connectivity index (χ3v) is 8.84. The zero-order valence-electron chi connectivity index (χ0n) is 24.6. The van der Waals surface area contributed by atoms with E-state index in [-0.39, 0.29) is 49.0 Å². The van der Waals surface area contributed by atoms with Crippen LogP contribution in [0.4, 0.5) is 25.4 Å². The van der Waals surface area contributed by atoms with Gasteiger partial charge in [-0.25, -0.2) is 23.0 Å². The quantitative estimate of drug-likeness (QED) is 0.423. The maximum atomic E-state index is 16.5. The van der Waals surface area contributed by atoms with Gasteiger partial charge in [0.15, 0.2) is 5.82 Å². The Bertz CT molecular complexity index is 1540. The second-order valence-electron chi connectivity index (χ2n) is 12.0. The topological polar surface area (TPSA) is 155 Å². The lowest BCUT2D eigenvalue weighted by Gasteiger charge is -2.33. The fourth-order valence-electron chi connectivity index (χ4n) is 5.33. The number of nitrogens with zero attached hydrogens (tertiary/aromatic N) is 3. The van der Waals surface area contributed by atoms with Crippen LogP contribution >= 0.6 is 0 Å². The van der Waals surface area contributed by atoms with Gasteiger partial charge in [-0.2, -0.15) is 8.42 Å². The summed E-state index contributed by atoms with van der Waals surface area (Å²) in [6.07, 6.45) is -1.59. The Labute approximate surface area is 254 Å². The number of rotatable bonds is 9. The highest BCUT2D eigenvalue weighted by molar-refractivity contribution is 7.92. The molecule has 238 valence electrons. The smallest absolute Gasteiger partial charge is 0.412 e. The van der Waals surface area contributed by atoms with Crippen LogP contribution in [0.15, 0.2) is 36.4 Å². The third-order valence-electron chi connectivity index (χ3n) is 7.46. The van der Waals surface area contributed by atoms with Gasteiger partial charge in [0.05, 0.1) is 24.9 Å². The number of ether oxygens (including phenoxy) is 3. The first-order chi connectivity index (χ1) is 20.7. The highest BCUT2D eigenvalue weighted by Crippen LogP contribution is 2.45. The second-order valence-corrected chi connectivity index (χ2v) is 13.6. The van der Waals surface area contributed by atoms with Crippen molar-refractivity contribution in [3.63, 3.8) is 0 Å². The van der Waals surface area contributed by atoms with Gasteiger partial charge in [-0.05, 0) is 32.8 Å². The Hall–Kier alpha value is -4.11. The minimum absolute atomic E-state index is 0.0424. The van der Waals surface area contributed by atoms with Crippen LogP contribution in [0, 0.1) is 11.7 Å². The molecule has 2 fully saturated rings. The number of carbonyl (C=O) groups excluding carboxylic acids is 2. The van der Waals surface area contributed by atoms with Gasteiger partial charge >= 0.3 is 22.4 Å².